The zero-order chi connectivity index (χ0) is 10.4. The molecule has 0 saturated heterocycles. The highest BCUT2D eigenvalue weighted by Gasteiger charge is 2.09. The van der Waals surface area contributed by atoms with Gasteiger partial charge in [0.25, 0.3) is 0 Å². The van der Waals surface area contributed by atoms with E-state index in [0.29, 0.717) is 12.0 Å². The van der Waals surface area contributed by atoms with E-state index in [-0.39, 0.29) is 0 Å². The van der Waals surface area contributed by atoms with Crippen molar-refractivity contribution in [3.05, 3.63) is 24.0 Å². The van der Waals surface area contributed by atoms with Crippen LogP contribution < -0.4 is 5.32 Å². The molecule has 0 amide bonds. The maximum absolute atomic E-state index is 4.08. The lowest BCUT2D eigenvalue weighted by Gasteiger charge is -2.17. The number of nitrogens with zero attached hydrogens (tertiary/aromatic N) is 2. The Bertz CT molecular complexity index is 246. The summed E-state index contributed by atoms with van der Waals surface area (Å²) in [6.45, 7) is 4.47. The lowest BCUT2D eigenvalue weighted by molar-refractivity contribution is 0.437. The minimum Gasteiger partial charge on any atom is -0.317 e. The van der Waals surface area contributed by atoms with Crippen LogP contribution in [0.4, 0.5) is 0 Å². The quantitative estimate of drug-likeness (QED) is 0.772. The lowest BCUT2D eigenvalue weighted by atomic mass is 10.00. The standard InChI is InChI=1S/C11H19N3/c1-9(2)7-11(12-3)8-10-5-4-6-13-14-10/h4-6,9,11-12H,7-8H2,1-3H3. The summed E-state index contributed by atoms with van der Waals surface area (Å²) in [5.74, 6) is 0.712. The molecule has 1 atom stereocenters. The van der Waals surface area contributed by atoms with Crippen molar-refractivity contribution in [1.82, 2.24) is 15.5 Å². The highest BCUT2D eigenvalue weighted by molar-refractivity contribution is 5.01. The third-order valence-corrected chi connectivity index (χ3v) is 2.25. The van der Waals surface area contributed by atoms with Gasteiger partial charge in [0, 0.05) is 18.7 Å². The largest absolute Gasteiger partial charge is 0.317 e. The molecular formula is C11H19N3. The summed E-state index contributed by atoms with van der Waals surface area (Å²) in [5, 5.41) is 11.3. The molecule has 0 saturated carbocycles. The molecule has 14 heavy (non-hydrogen) atoms. The van der Waals surface area contributed by atoms with Crippen LogP contribution in [0.15, 0.2) is 18.3 Å². The van der Waals surface area contributed by atoms with Crippen LogP contribution in [0.3, 0.4) is 0 Å². The van der Waals surface area contributed by atoms with Gasteiger partial charge >= 0.3 is 0 Å². The van der Waals surface area contributed by atoms with Gasteiger partial charge in [-0.1, -0.05) is 13.8 Å². The summed E-state index contributed by atoms with van der Waals surface area (Å²) in [6, 6.07) is 4.47. The van der Waals surface area contributed by atoms with Gasteiger partial charge in [-0.3, -0.25) is 0 Å². The summed E-state index contributed by atoms with van der Waals surface area (Å²) >= 11 is 0. The molecule has 3 nitrogen and oxygen atoms in total. The molecule has 3 heteroatoms. The van der Waals surface area contributed by atoms with Crippen molar-refractivity contribution >= 4 is 0 Å². The molecule has 0 spiro atoms. The molecule has 1 heterocycles. The topological polar surface area (TPSA) is 37.8 Å². The Labute approximate surface area is 85.9 Å². The fourth-order valence-electron chi connectivity index (χ4n) is 1.57. The van der Waals surface area contributed by atoms with E-state index in [4.69, 9.17) is 0 Å². The smallest absolute Gasteiger partial charge is 0.0646 e. The predicted octanol–water partition coefficient (Wildman–Crippen LogP) is 1.65. The van der Waals surface area contributed by atoms with Gasteiger partial charge in [0.1, 0.15) is 0 Å². The molecule has 1 N–H and O–H groups in total. The van der Waals surface area contributed by atoms with E-state index in [0.717, 1.165) is 12.1 Å². The number of nitrogens with one attached hydrogen (secondary N) is 1. The predicted molar refractivity (Wildman–Crippen MR) is 58.0 cm³/mol. The van der Waals surface area contributed by atoms with E-state index in [2.05, 4.69) is 29.4 Å². The molecule has 1 aromatic heterocycles. The van der Waals surface area contributed by atoms with Gasteiger partial charge in [-0.2, -0.15) is 10.2 Å². The van der Waals surface area contributed by atoms with Crippen molar-refractivity contribution < 1.29 is 0 Å². The molecule has 0 aromatic carbocycles. The first kappa shape index (κ1) is 11.1. The molecule has 0 fully saturated rings. The Hall–Kier alpha value is -0.960. The maximum Gasteiger partial charge on any atom is 0.0646 e. The molecule has 1 rings (SSSR count). The Morgan fingerprint density at radius 3 is 2.71 bits per heavy atom. The SMILES string of the molecule is CNC(Cc1cccnn1)CC(C)C. The van der Waals surface area contributed by atoms with Gasteiger partial charge in [0.05, 0.1) is 5.69 Å². The first-order valence-corrected chi connectivity index (χ1v) is 5.16. The second-order valence-electron chi connectivity index (χ2n) is 4.03. The maximum atomic E-state index is 4.08. The first-order chi connectivity index (χ1) is 6.72. The summed E-state index contributed by atoms with van der Waals surface area (Å²) in [6.07, 6.45) is 3.84. The Morgan fingerprint density at radius 1 is 1.43 bits per heavy atom. The second-order valence-corrected chi connectivity index (χ2v) is 4.03. The van der Waals surface area contributed by atoms with Gasteiger partial charge in [0.15, 0.2) is 0 Å². The van der Waals surface area contributed by atoms with E-state index < -0.39 is 0 Å². The van der Waals surface area contributed by atoms with Crippen LogP contribution in [-0.4, -0.2) is 23.3 Å². The van der Waals surface area contributed by atoms with Crippen LogP contribution in [0.25, 0.3) is 0 Å². The molecule has 1 unspecified atom stereocenters. The zero-order valence-electron chi connectivity index (χ0n) is 9.20. The molecule has 0 aliphatic rings. The zero-order valence-corrected chi connectivity index (χ0v) is 9.20. The molecule has 1 aromatic rings. The lowest BCUT2D eigenvalue weighted by Crippen LogP contribution is -2.29. The summed E-state index contributed by atoms with van der Waals surface area (Å²) in [5.41, 5.74) is 1.06. The highest BCUT2D eigenvalue weighted by Crippen LogP contribution is 2.08. The Morgan fingerprint density at radius 2 is 2.21 bits per heavy atom. The van der Waals surface area contributed by atoms with E-state index >= 15 is 0 Å². The average molecular weight is 193 g/mol. The van der Waals surface area contributed by atoms with Crippen molar-refractivity contribution in [2.75, 3.05) is 7.05 Å². The third kappa shape index (κ3) is 3.83. The number of rotatable bonds is 5. The number of aromatic nitrogens is 2. The number of hydrogen-bond acceptors (Lipinski definition) is 3. The first-order valence-electron chi connectivity index (χ1n) is 5.16. The van der Waals surface area contributed by atoms with Crippen LogP contribution in [-0.2, 0) is 6.42 Å². The monoisotopic (exact) mass is 193 g/mol. The molecule has 0 bridgehead atoms. The van der Waals surface area contributed by atoms with Crippen molar-refractivity contribution in [1.29, 1.82) is 0 Å². The third-order valence-electron chi connectivity index (χ3n) is 2.25. The molecule has 0 aliphatic carbocycles. The highest BCUT2D eigenvalue weighted by atomic mass is 15.1. The minimum atomic E-state index is 0.506. The van der Waals surface area contributed by atoms with Crippen LogP contribution in [0.1, 0.15) is 26.0 Å². The summed E-state index contributed by atoms with van der Waals surface area (Å²) in [4.78, 5) is 0. The van der Waals surface area contributed by atoms with Crippen molar-refractivity contribution in [2.45, 2.75) is 32.7 Å². The van der Waals surface area contributed by atoms with Crippen LogP contribution in [0, 0.1) is 5.92 Å². The van der Waals surface area contributed by atoms with Crippen LogP contribution in [0.5, 0.6) is 0 Å². The van der Waals surface area contributed by atoms with Gasteiger partial charge in [0.2, 0.25) is 0 Å². The van der Waals surface area contributed by atoms with Crippen molar-refractivity contribution in [3.8, 4) is 0 Å². The fraction of sp³-hybridized carbons (Fsp3) is 0.636. The Kier molecular flexibility index (Phi) is 4.53. The molecular weight excluding hydrogens is 174 g/mol. The Balaban J connectivity index is 2.48. The molecule has 0 radical (unpaired) electrons. The van der Waals surface area contributed by atoms with Crippen molar-refractivity contribution in [2.24, 2.45) is 5.92 Å². The normalized spacial score (nSPS) is 13.1. The van der Waals surface area contributed by atoms with Gasteiger partial charge in [-0.05, 0) is 31.5 Å². The fourth-order valence-corrected chi connectivity index (χ4v) is 1.57. The van der Waals surface area contributed by atoms with Crippen molar-refractivity contribution in [3.63, 3.8) is 0 Å². The van der Waals surface area contributed by atoms with E-state index in [9.17, 15) is 0 Å². The minimum absolute atomic E-state index is 0.506. The summed E-state index contributed by atoms with van der Waals surface area (Å²) in [7, 11) is 2.00. The molecule has 0 aliphatic heterocycles. The van der Waals surface area contributed by atoms with Gasteiger partial charge < -0.3 is 5.32 Å². The van der Waals surface area contributed by atoms with E-state index in [1.54, 1.807) is 6.20 Å². The molecule has 78 valence electrons. The van der Waals surface area contributed by atoms with Crippen LogP contribution in [0.2, 0.25) is 0 Å². The van der Waals surface area contributed by atoms with E-state index in [1.807, 2.05) is 19.2 Å². The van der Waals surface area contributed by atoms with Gasteiger partial charge in [-0.15, -0.1) is 0 Å². The number of likely N-dealkylation sites (N-methyl/N-ethyl adjacent to an activating group) is 1. The second kappa shape index (κ2) is 5.70. The van der Waals surface area contributed by atoms with E-state index in [1.165, 1.54) is 6.42 Å². The summed E-state index contributed by atoms with van der Waals surface area (Å²) < 4.78 is 0. The number of hydrogen-bond donors (Lipinski definition) is 1. The van der Waals surface area contributed by atoms with Gasteiger partial charge in [-0.25, -0.2) is 0 Å². The van der Waals surface area contributed by atoms with Crippen LogP contribution >= 0.6 is 0 Å². The average Bonchev–Trinajstić information content (AvgIpc) is 2.17.